The molecule has 0 saturated carbocycles. The summed E-state index contributed by atoms with van der Waals surface area (Å²) in [5.74, 6) is -0.134. The second kappa shape index (κ2) is 4.57. The van der Waals surface area contributed by atoms with Crippen LogP contribution in [0.3, 0.4) is 0 Å². The van der Waals surface area contributed by atoms with Crippen LogP contribution < -0.4 is 11.1 Å². The molecule has 0 aliphatic rings. The Bertz CT molecular complexity index is 313. The van der Waals surface area contributed by atoms with Crippen LogP contribution in [0.4, 0.5) is 5.69 Å². The first-order valence-electron chi connectivity index (χ1n) is 4.62. The van der Waals surface area contributed by atoms with Gasteiger partial charge in [-0.25, -0.2) is 0 Å². The second-order valence-corrected chi connectivity index (χ2v) is 4.56. The molecular formula is C10H16N2OS. The molecule has 1 heterocycles. The monoisotopic (exact) mass is 212 g/mol. The lowest BCUT2D eigenvalue weighted by Crippen LogP contribution is -2.26. The molecule has 1 atom stereocenters. The van der Waals surface area contributed by atoms with E-state index >= 15 is 0 Å². The Morgan fingerprint density at radius 3 is 2.71 bits per heavy atom. The van der Waals surface area contributed by atoms with Crippen molar-refractivity contribution in [1.29, 1.82) is 0 Å². The number of nitrogens with one attached hydrogen (secondary N) is 1. The lowest BCUT2D eigenvalue weighted by molar-refractivity contribution is -0.119. The maximum atomic E-state index is 11.6. The van der Waals surface area contributed by atoms with Gasteiger partial charge in [-0.3, -0.25) is 4.79 Å². The summed E-state index contributed by atoms with van der Waals surface area (Å²) >= 11 is 1.65. The predicted octanol–water partition coefficient (Wildman–Crippen LogP) is 1.90. The van der Waals surface area contributed by atoms with Crippen LogP contribution in [0, 0.1) is 19.8 Å². The Balaban J connectivity index is 2.74. The van der Waals surface area contributed by atoms with Gasteiger partial charge in [0.1, 0.15) is 0 Å². The number of anilines is 1. The zero-order chi connectivity index (χ0) is 10.7. The van der Waals surface area contributed by atoms with Gasteiger partial charge in [0, 0.05) is 17.3 Å². The molecule has 0 radical (unpaired) electrons. The normalized spacial score (nSPS) is 12.6. The van der Waals surface area contributed by atoms with E-state index in [1.165, 1.54) is 0 Å². The van der Waals surface area contributed by atoms with Gasteiger partial charge in [-0.15, -0.1) is 11.3 Å². The van der Waals surface area contributed by atoms with Crippen LogP contribution in [-0.4, -0.2) is 12.5 Å². The fourth-order valence-corrected chi connectivity index (χ4v) is 1.91. The highest BCUT2D eigenvalue weighted by Crippen LogP contribution is 2.26. The Morgan fingerprint density at radius 1 is 1.64 bits per heavy atom. The van der Waals surface area contributed by atoms with Gasteiger partial charge in [-0.1, -0.05) is 6.92 Å². The van der Waals surface area contributed by atoms with Crippen molar-refractivity contribution >= 4 is 22.9 Å². The average molecular weight is 212 g/mol. The molecule has 3 nitrogen and oxygen atoms in total. The van der Waals surface area contributed by atoms with Gasteiger partial charge >= 0.3 is 0 Å². The number of amides is 1. The van der Waals surface area contributed by atoms with Crippen LogP contribution in [0.25, 0.3) is 0 Å². The first-order chi connectivity index (χ1) is 6.56. The average Bonchev–Trinajstić information content (AvgIpc) is 2.48. The number of nitrogens with two attached hydrogens (primary N) is 1. The van der Waals surface area contributed by atoms with E-state index in [4.69, 9.17) is 5.73 Å². The molecule has 0 aliphatic carbocycles. The summed E-state index contributed by atoms with van der Waals surface area (Å²) in [6, 6.07) is 0. The quantitative estimate of drug-likeness (QED) is 0.804. The van der Waals surface area contributed by atoms with E-state index in [9.17, 15) is 4.79 Å². The predicted molar refractivity (Wildman–Crippen MR) is 60.6 cm³/mol. The van der Waals surface area contributed by atoms with Crippen LogP contribution >= 0.6 is 11.3 Å². The fraction of sp³-hybridized carbons (Fsp3) is 0.500. The highest BCUT2D eigenvalue weighted by Gasteiger charge is 2.13. The van der Waals surface area contributed by atoms with Crippen molar-refractivity contribution in [2.45, 2.75) is 20.8 Å². The van der Waals surface area contributed by atoms with E-state index in [2.05, 4.69) is 5.32 Å². The molecule has 0 spiro atoms. The number of thiophene rings is 1. The Morgan fingerprint density at radius 2 is 2.29 bits per heavy atom. The molecule has 14 heavy (non-hydrogen) atoms. The Kier molecular flexibility index (Phi) is 3.66. The van der Waals surface area contributed by atoms with Crippen LogP contribution in [-0.2, 0) is 4.79 Å². The molecule has 0 bridgehead atoms. The zero-order valence-electron chi connectivity index (χ0n) is 8.76. The minimum absolute atomic E-state index is 0.00269. The van der Waals surface area contributed by atoms with E-state index in [1.807, 2.05) is 26.2 Å². The van der Waals surface area contributed by atoms with Gasteiger partial charge in [-0.05, 0) is 24.8 Å². The van der Waals surface area contributed by atoms with E-state index in [0.29, 0.717) is 6.54 Å². The summed E-state index contributed by atoms with van der Waals surface area (Å²) in [6.45, 7) is 6.20. The number of rotatable bonds is 3. The van der Waals surface area contributed by atoms with Crippen molar-refractivity contribution in [2.75, 3.05) is 11.9 Å². The number of hydrogen-bond acceptors (Lipinski definition) is 3. The van der Waals surface area contributed by atoms with Gasteiger partial charge in [0.15, 0.2) is 0 Å². The molecule has 1 amide bonds. The number of aryl methyl sites for hydroxylation is 2. The topological polar surface area (TPSA) is 55.1 Å². The van der Waals surface area contributed by atoms with Crippen molar-refractivity contribution < 1.29 is 4.79 Å². The van der Waals surface area contributed by atoms with Gasteiger partial charge in [0.2, 0.25) is 5.91 Å². The van der Waals surface area contributed by atoms with Crippen LogP contribution in [0.1, 0.15) is 17.4 Å². The molecule has 1 aromatic rings. The third-order valence-electron chi connectivity index (χ3n) is 2.21. The molecule has 1 unspecified atom stereocenters. The second-order valence-electron chi connectivity index (χ2n) is 3.48. The maximum Gasteiger partial charge on any atom is 0.228 e. The van der Waals surface area contributed by atoms with E-state index in [0.717, 1.165) is 16.1 Å². The summed E-state index contributed by atoms with van der Waals surface area (Å²) in [4.78, 5) is 12.7. The van der Waals surface area contributed by atoms with Crippen molar-refractivity contribution in [3.8, 4) is 0 Å². The molecule has 1 aromatic heterocycles. The molecular weight excluding hydrogens is 196 g/mol. The van der Waals surface area contributed by atoms with Gasteiger partial charge in [0.05, 0.1) is 5.69 Å². The van der Waals surface area contributed by atoms with Crippen LogP contribution in [0.15, 0.2) is 5.38 Å². The first-order valence-corrected chi connectivity index (χ1v) is 5.49. The molecule has 0 aromatic carbocycles. The summed E-state index contributed by atoms with van der Waals surface area (Å²) in [5, 5.41) is 4.94. The number of hydrogen-bond donors (Lipinski definition) is 2. The fourth-order valence-electron chi connectivity index (χ4n) is 1.11. The minimum atomic E-state index is -0.131. The van der Waals surface area contributed by atoms with Crippen molar-refractivity contribution in [3.05, 3.63) is 15.8 Å². The van der Waals surface area contributed by atoms with Crippen molar-refractivity contribution in [2.24, 2.45) is 11.7 Å². The zero-order valence-corrected chi connectivity index (χ0v) is 9.57. The van der Waals surface area contributed by atoms with Gasteiger partial charge in [0.25, 0.3) is 0 Å². The smallest absolute Gasteiger partial charge is 0.228 e. The lowest BCUT2D eigenvalue weighted by Gasteiger charge is -2.10. The standard InChI is InChI=1S/C10H16N2OS/c1-6(4-11)10(13)12-9-7(2)5-14-8(9)3/h5-6H,4,11H2,1-3H3,(H,12,13). The van der Waals surface area contributed by atoms with Gasteiger partial charge < -0.3 is 11.1 Å². The summed E-state index contributed by atoms with van der Waals surface area (Å²) in [5.41, 5.74) is 7.48. The summed E-state index contributed by atoms with van der Waals surface area (Å²) < 4.78 is 0. The van der Waals surface area contributed by atoms with E-state index in [-0.39, 0.29) is 11.8 Å². The van der Waals surface area contributed by atoms with Crippen LogP contribution in [0.2, 0.25) is 0 Å². The number of carbonyl (C=O) groups excluding carboxylic acids is 1. The van der Waals surface area contributed by atoms with E-state index in [1.54, 1.807) is 11.3 Å². The molecule has 0 aliphatic heterocycles. The molecule has 0 saturated heterocycles. The molecule has 3 N–H and O–H groups in total. The maximum absolute atomic E-state index is 11.6. The van der Waals surface area contributed by atoms with Gasteiger partial charge in [-0.2, -0.15) is 0 Å². The Hall–Kier alpha value is -0.870. The molecule has 1 rings (SSSR count). The highest BCUT2D eigenvalue weighted by atomic mass is 32.1. The Labute approximate surface area is 88.3 Å². The van der Waals surface area contributed by atoms with E-state index < -0.39 is 0 Å². The number of carbonyl (C=O) groups is 1. The molecule has 78 valence electrons. The van der Waals surface area contributed by atoms with Crippen molar-refractivity contribution in [3.63, 3.8) is 0 Å². The summed E-state index contributed by atoms with van der Waals surface area (Å²) in [6.07, 6.45) is 0. The van der Waals surface area contributed by atoms with Crippen LogP contribution in [0.5, 0.6) is 0 Å². The molecule has 0 fully saturated rings. The van der Waals surface area contributed by atoms with Crippen molar-refractivity contribution in [1.82, 2.24) is 0 Å². The largest absolute Gasteiger partial charge is 0.330 e. The highest BCUT2D eigenvalue weighted by molar-refractivity contribution is 7.10. The third-order valence-corrected chi connectivity index (χ3v) is 3.24. The first kappa shape index (κ1) is 11.2. The lowest BCUT2D eigenvalue weighted by atomic mass is 10.1. The SMILES string of the molecule is Cc1csc(C)c1NC(=O)C(C)CN. The molecule has 4 heteroatoms. The minimum Gasteiger partial charge on any atom is -0.330 e. The third kappa shape index (κ3) is 2.33. The summed E-state index contributed by atoms with van der Waals surface area (Å²) in [7, 11) is 0.